The minimum Gasteiger partial charge on any atom is -0.432 e. The molecule has 2 atom stereocenters. The van der Waals surface area contributed by atoms with Crippen LogP contribution in [0.3, 0.4) is 0 Å². The highest BCUT2D eigenvalue weighted by molar-refractivity contribution is 6.46. The highest BCUT2D eigenvalue weighted by atomic mass is 16.2. The number of nitrogens with zero attached hydrogens (tertiary/aromatic N) is 1. The Bertz CT molecular complexity index is 595. The largest absolute Gasteiger partial charge is 0.432 e. The van der Waals surface area contributed by atoms with Gasteiger partial charge in [0.1, 0.15) is 0 Å². The van der Waals surface area contributed by atoms with Crippen LogP contribution in [0.15, 0.2) is 30.0 Å². The Hall–Kier alpha value is -1.55. The van der Waals surface area contributed by atoms with Gasteiger partial charge in [0.2, 0.25) is 0 Å². The van der Waals surface area contributed by atoms with E-state index < -0.39 is 7.05 Å². The third-order valence-corrected chi connectivity index (χ3v) is 4.64. The van der Waals surface area contributed by atoms with E-state index in [2.05, 4.69) is 6.08 Å². The lowest BCUT2D eigenvalue weighted by Crippen LogP contribution is -2.38. The predicted octanol–water partition coefficient (Wildman–Crippen LogP) is 1.66. The summed E-state index contributed by atoms with van der Waals surface area (Å²) in [6.45, 7) is 2.58. The highest BCUT2D eigenvalue weighted by Crippen LogP contribution is 2.67. The van der Waals surface area contributed by atoms with Gasteiger partial charge >= 0.3 is 7.05 Å². The van der Waals surface area contributed by atoms with E-state index in [9.17, 15) is 9.82 Å². The molecule has 2 fully saturated rings. The Morgan fingerprint density at radius 2 is 2.22 bits per heavy atom. The van der Waals surface area contributed by atoms with Gasteiger partial charge in [-0.25, -0.2) is 0 Å². The van der Waals surface area contributed by atoms with Gasteiger partial charge in [0, 0.05) is 17.8 Å². The quantitative estimate of drug-likeness (QED) is 0.757. The SMILES string of the molecule is CB(O)N1CC2CC23C(=O)c2ccccc2C=C13. The Labute approximate surface area is 106 Å². The summed E-state index contributed by atoms with van der Waals surface area (Å²) in [5.74, 6) is 0.656. The molecule has 1 N–H and O–H groups in total. The first-order chi connectivity index (χ1) is 8.64. The van der Waals surface area contributed by atoms with Crippen LogP contribution >= 0.6 is 0 Å². The third kappa shape index (κ3) is 1.03. The van der Waals surface area contributed by atoms with Gasteiger partial charge in [-0.3, -0.25) is 4.79 Å². The van der Waals surface area contributed by atoms with Gasteiger partial charge in [0.25, 0.3) is 0 Å². The molecule has 1 aromatic carbocycles. The maximum atomic E-state index is 12.7. The van der Waals surface area contributed by atoms with Crippen molar-refractivity contribution in [2.24, 2.45) is 11.3 Å². The minimum atomic E-state index is -0.515. The molecule has 1 spiro atoms. The van der Waals surface area contributed by atoms with Gasteiger partial charge < -0.3 is 9.83 Å². The normalized spacial score (nSPS) is 31.4. The Balaban J connectivity index is 1.92. The smallest absolute Gasteiger partial charge is 0.409 e. The van der Waals surface area contributed by atoms with Crippen molar-refractivity contribution in [1.29, 1.82) is 0 Å². The molecule has 18 heavy (non-hydrogen) atoms. The van der Waals surface area contributed by atoms with Gasteiger partial charge in [-0.1, -0.05) is 24.3 Å². The number of hydrogen-bond acceptors (Lipinski definition) is 3. The van der Waals surface area contributed by atoms with Crippen LogP contribution in [0.1, 0.15) is 22.3 Å². The molecule has 1 saturated heterocycles. The number of fused-ring (bicyclic) bond motifs is 1. The van der Waals surface area contributed by atoms with Crippen molar-refractivity contribution < 1.29 is 9.82 Å². The second-order valence-electron chi connectivity index (χ2n) is 5.60. The second kappa shape index (κ2) is 3.07. The average molecular weight is 239 g/mol. The molecule has 3 aliphatic rings. The maximum absolute atomic E-state index is 12.7. The van der Waals surface area contributed by atoms with Gasteiger partial charge in [-0.2, -0.15) is 0 Å². The van der Waals surface area contributed by atoms with Gasteiger partial charge in [-0.05, 0) is 30.8 Å². The summed E-state index contributed by atoms with van der Waals surface area (Å²) in [5.41, 5.74) is 2.56. The van der Waals surface area contributed by atoms with E-state index in [1.165, 1.54) is 0 Å². The van der Waals surface area contributed by atoms with Crippen molar-refractivity contribution in [3.63, 3.8) is 0 Å². The molecular formula is C14H14BNO2. The van der Waals surface area contributed by atoms with E-state index >= 15 is 0 Å². The van der Waals surface area contributed by atoms with Crippen LogP contribution in [0.25, 0.3) is 6.08 Å². The fraction of sp³-hybridized carbons (Fsp3) is 0.357. The van der Waals surface area contributed by atoms with Crippen LogP contribution in [0.5, 0.6) is 0 Å². The number of carbonyl (C=O) groups excluding carboxylic acids is 1. The van der Waals surface area contributed by atoms with Crippen LogP contribution in [-0.2, 0) is 0 Å². The second-order valence-corrected chi connectivity index (χ2v) is 5.60. The lowest BCUT2D eigenvalue weighted by molar-refractivity contribution is 0.0915. The van der Waals surface area contributed by atoms with E-state index in [4.69, 9.17) is 0 Å². The zero-order valence-corrected chi connectivity index (χ0v) is 10.3. The topological polar surface area (TPSA) is 40.5 Å². The molecule has 2 unspecified atom stereocenters. The fourth-order valence-corrected chi connectivity index (χ4v) is 3.63. The lowest BCUT2D eigenvalue weighted by Gasteiger charge is -2.30. The van der Waals surface area contributed by atoms with Gasteiger partial charge in [0.05, 0.1) is 5.41 Å². The van der Waals surface area contributed by atoms with Crippen molar-refractivity contribution in [3.05, 3.63) is 41.1 Å². The molecule has 1 heterocycles. The first kappa shape index (κ1) is 10.4. The molecule has 1 aliphatic heterocycles. The number of ketones is 1. The molecule has 4 heteroatoms. The van der Waals surface area contributed by atoms with Crippen LogP contribution in [0, 0.1) is 11.3 Å². The summed E-state index contributed by atoms with van der Waals surface area (Å²) >= 11 is 0. The van der Waals surface area contributed by atoms with Crippen LogP contribution in [0.2, 0.25) is 6.82 Å². The number of allylic oxidation sites excluding steroid dienone is 1. The standard InChI is InChI=1S/C14H14BNO2/c1-15(18)16-8-10-7-14(10)12(16)6-9-4-2-3-5-11(9)13(14)17/h2-6,10,18H,7-8H2,1H3. The lowest BCUT2D eigenvalue weighted by atomic mass is 9.78. The molecular weight excluding hydrogens is 225 g/mol. The minimum absolute atomic E-state index is 0.253. The molecule has 4 rings (SSSR count). The summed E-state index contributed by atoms with van der Waals surface area (Å²) in [7, 11) is -0.515. The van der Waals surface area contributed by atoms with Crippen molar-refractivity contribution in [3.8, 4) is 0 Å². The fourth-order valence-electron chi connectivity index (χ4n) is 3.63. The summed E-state index contributed by atoms with van der Waals surface area (Å²) in [5, 5.41) is 9.83. The zero-order valence-electron chi connectivity index (χ0n) is 10.3. The summed E-state index contributed by atoms with van der Waals surface area (Å²) in [6.07, 6.45) is 3.05. The van der Waals surface area contributed by atoms with Crippen molar-refractivity contribution in [2.45, 2.75) is 13.2 Å². The average Bonchev–Trinajstić information content (AvgIpc) is 2.99. The molecule has 0 aromatic heterocycles. The number of Topliss-reactive ketones (excluding diaryl/α,β-unsaturated/α-hetero) is 1. The molecule has 1 aromatic rings. The first-order valence-corrected chi connectivity index (χ1v) is 6.45. The van der Waals surface area contributed by atoms with E-state index in [0.717, 1.165) is 29.8 Å². The van der Waals surface area contributed by atoms with E-state index in [0.29, 0.717) is 5.92 Å². The molecule has 3 nitrogen and oxygen atoms in total. The third-order valence-electron chi connectivity index (χ3n) is 4.64. The number of hydrogen-bond donors (Lipinski definition) is 1. The number of carbonyl (C=O) groups is 1. The van der Waals surface area contributed by atoms with E-state index in [-0.39, 0.29) is 11.2 Å². The molecule has 0 bridgehead atoms. The van der Waals surface area contributed by atoms with Crippen molar-refractivity contribution in [1.82, 2.24) is 4.81 Å². The van der Waals surface area contributed by atoms with E-state index in [1.54, 1.807) is 6.82 Å². The predicted molar refractivity (Wildman–Crippen MR) is 69.8 cm³/mol. The van der Waals surface area contributed by atoms with Crippen molar-refractivity contribution >= 4 is 18.9 Å². The number of benzene rings is 1. The molecule has 0 radical (unpaired) electrons. The molecule has 90 valence electrons. The molecule has 2 aliphatic carbocycles. The zero-order chi connectivity index (χ0) is 12.5. The summed E-state index contributed by atoms with van der Waals surface area (Å²) in [6, 6.07) is 7.77. The van der Waals surface area contributed by atoms with Crippen LogP contribution in [-0.4, -0.2) is 29.2 Å². The Morgan fingerprint density at radius 3 is 3.00 bits per heavy atom. The monoisotopic (exact) mass is 239 g/mol. The molecule has 0 amide bonds. The number of rotatable bonds is 1. The van der Waals surface area contributed by atoms with Crippen LogP contribution in [0.4, 0.5) is 0 Å². The maximum Gasteiger partial charge on any atom is 0.409 e. The summed E-state index contributed by atoms with van der Waals surface area (Å²) in [4.78, 5) is 14.7. The Morgan fingerprint density at radius 1 is 1.44 bits per heavy atom. The van der Waals surface area contributed by atoms with Gasteiger partial charge in [0.15, 0.2) is 5.78 Å². The van der Waals surface area contributed by atoms with Crippen molar-refractivity contribution in [2.75, 3.05) is 6.54 Å². The first-order valence-electron chi connectivity index (χ1n) is 6.45. The van der Waals surface area contributed by atoms with Crippen LogP contribution < -0.4 is 0 Å². The Kier molecular flexibility index (Phi) is 1.77. The summed E-state index contributed by atoms with van der Waals surface area (Å²) < 4.78 is 0. The number of piperidine rings is 1. The highest BCUT2D eigenvalue weighted by Gasteiger charge is 2.69. The molecule has 1 saturated carbocycles. The van der Waals surface area contributed by atoms with Gasteiger partial charge in [-0.15, -0.1) is 0 Å². The van der Waals surface area contributed by atoms with E-state index in [1.807, 2.05) is 29.1 Å².